The normalized spacial score (nSPS) is 12.4. The number of nitrogens with one attached hydrogen (secondary N) is 1. The molecule has 0 spiro atoms. The summed E-state index contributed by atoms with van der Waals surface area (Å²) in [7, 11) is 1.49. The Morgan fingerprint density at radius 2 is 2.25 bits per heavy atom. The molecule has 1 aromatic heterocycles. The van der Waals surface area contributed by atoms with Crippen LogP contribution in [0.15, 0.2) is 29.6 Å². The van der Waals surface area contributed by atoms with Gasteiger partial charge in [-0.15, -0.1) is 11.3 Å². The number of hydrogen-bond acceptors (Lipinski definition) is 3. The molecule has 0 saturated carbocycles. The van der Waals surface area contributed by atoms with Gasteiger partial charge in [0.25, 0.3) is 0 Å². The van der Waals surface area contributed by atoms with Gasteiger partial charge in [-0.1, -0.05) is 19.1 Å². The van der Waals surface area contributed by atoms with Crippen molar-refractivity contribution in [2.24, 2.45) is 0 Å². The Hall–Kier alpha value is -0.660. The van der Waals surface area contributed by atoms with Crippen molar-refractivity contribution in [3.8, 4) is 5.75 Å². The lowest BCUT2D eigenvalue weighted by molar-refractivity contribution is 0.381. The fourth-order valence-corrected chi connectivity index (χ4v) is 3.48. The molecule has 2 nitrogen and oxygen atoms in total. The molecule has 1 unspecified atom stereocenters. The van der Waals surface area contributed by atoms with Gasteiger partial charge in [-0.2, -0.15) is 0 Å². The highest BCUT2D eigenvalue weighted by Crippen LogP contribution is 2.31. The average molecular weight is 405 g/mol. The van der Waals surface area contributed by atoms with Gasteiger partial charge in [0.2, 0.25) is 0 Å². The second kappa shape index (κ2) is 7.38. The summed E-state index contributed by atoms with van der Waals surface area (Å²) in [5.41, 5.74) is 1.73. The highest BCUT2D eigenvalue weighted by atomic mass is 127. The van der Waals surface area contributed by atoms with Gasteiger partial charge < -0.3 is 10.1 Å². The van der Waals surface area contributed by atoms with E-state index in [-0.39, 0.29) is 17.6 Å². The van der Waals surface area contributed by atoms with Gasteiger partial charge in [0, 0.05) is 5.56 Å². The zero-order valence-electron chi connectivity index (χ0n) is 11.5. The van der Waals surface area contributed by atoms with E-state index in [2.05, 4.69) is 46.3 Å². The van der Waals surface area contributed by atoms with Gasteiger partial charge in [0.05, 0.1) is 16.0 Å². The molecule has 2 rings (SSSR count). The first-order chi connectivity index (χ1) is 9.67. The van der Waals surface area contributed by atoms with E-state index >= 15 is 0 Å². The first kappa shape index (κ1) is 15.7. The van der Waals surface area contributed by atoms with Crippen molar-refractivity contribution in [3.63, 3.8) is 0 Å². The van der Waals surface area contributed by atoms with Crippen LogP contribution >= 0.6 is 33.9 Å². The number of benzene rings is 1. The fourth-order valence-electron chi connectivity index (χ4n) is 2.08. The third-order valence-corrected chi connectivity index (χ3v) is 4.85. The van der Waals surface area contributed by atoms with Crippen LogP contribution in [0.4, 0.5) is 4.39 Å². The predicted molar refractivity (Wildman–Crippen MR) is 90.1 cm³/mol. The van der Waals surface area contributed by atoms with Gasteiger partial charge in [-0.25, -0.2) is 4.39 Å². The molecule has 1 aromatic carbocycles. The Kier molecular flexibility index (Phi) is 5.80. The van der Waals surface area contributed by atoms with Crippen LogP contribution in [-0.4, -0.2) is 13.7 Å². The molecule has 0 aliphatic rings. The van der Waals surface area contributed by atoms with E-state index in [1.807, 2.05) is 12.1 Å². The molecule has 5 heteroatoms. The van der Waals surface area contributed by atoms with Gasteiger partial charge in [-0.3, -0.25) is 0 Å². The summed E-state index contributed by atoms with van der Waals surface area (Å²) >= 11 is 3.96. The lowest BCUT2D eigenvalue weighted by Gasteiger charge is -2.19. The van der Waals surface area contributed by atoms with Crippen LogP contribution in [-0.2, 0) is 0 Å². The minimum Gasteiger partial charge on any atom is -0.494 e. The zero-order chi connectivity index (χ0) is 14.5. The largest absolute Gasteiger partial charge is 0.494 e. The predicted octanol–water partition coefficient (Wildman–Crippen LogP) is 4.59. The van der Waals surface area contributed by atoms with E-state index < -0.39 is 0 Å². The molecule has 0 amide bonds. The van der Waals surface area contributed by atoms with Crippen LogP contribution in [0.3, 0.4) is 0 Å². The smallest absolute Gasteiger partial charge is 0.170 e. The van der Waals surface area contributed by atoms with E-state index in [0.29, 0.717) is 5.56 Å². The van der Waals surface area contributed by atoms with Crippen LogP contribution < -0.4 is 10.1 Å². The SMILES string of the molecule is CCCNC(c1csc(I)c1)c1cccc(OC)c1F. The molecule has 0 saturated heterocycles. The van der Waals surface area contributed by atoms with Crippen molar-refractivity contribution in [3.05, 3.63) is 49.5 Å². The first-order valence-corrected chi connectivity index (χ1v) is 8.43. The molecule has 108 valence electrons. The second-order valence-electron chi connectivity index (χ2n) is 4.43. The van der Waals surface area contributed by atoms with E-state index in [1.165, 1.54) is 9.99 Å². The maximum Gasteiger partial charge on any atom is 0.170 e. The quantitative estimate of drug-likeness (QED) is 0.710. The first-order valence-electron chi connectivity index (χ1n) is 6.47. The summed E-state index contributed by atoms with van der Waals surface area (Å²) in [6.07, 6.45) is 1.00. The van der Waals surface area contributed by atoms with Gasteiger partial charge >= 0.3 is 0 Å². The molecule has 2 aromatic rings. The molecule has 0 aliphatic carbocycles. The summed E-state index contributed by atoms with van der Waals surface area (Å²) in [5, 5.41) is 5.49. The van der Waals surface area contributed by atoms with Crippen molar-refractivity contribution in [2.75, 3.05) is 13.7 Å². The van der Waals surface area contributed by atoms with Gasteiger partial charge in [0.15, 0.2) is 11.6 Å². The van der Waals surface area contributed by atoms with Crippen LogP contribution in [0, 0.1) is 8.70 Å². The molecule has 0 aliphatic heterocycles. The van der Waals surface area contributed by atoms with Crippen molar-refractivity contribution >= 4 is 33.9 Å². The Morgan fingerprint density at radius 1 is 1.45 bits per heavy atom. The minimum absolute atomic E-state index is 0.134. The summed E-state index contributed by atoms with van der Waals surface area (Å²) in [6, 6.07) is 7.25. The molecule has 0 radical (unpaired) electrons. The Balaban J connectivity index is 2.41. The fraction of sp³-hybridized carbons (Fsp3) is 0.333. The van der Waals surface area contributed by atoms with E-state index in [0.717, 1.165) is 18.5 Å². The van der Waals surface area contributed by atoms with Gasteiger partial charge in [-0.05, 0) is 58.6 Å². The number of ether oxygens (including phenoxy) is 1. The zero-order valence-corrected chi connectivity index (χ0v) is 14.4. The molecule has 1 N–H and O–H groups in total. The topological polar surface area (TPSA) is 21.3 Å². The van der Waals surface area contributed by atoms with E-state index in [4.69, 9.17) is 4.74 Å². The van der Waals surface area contributed by atoms with Crippen LogP contribution in [0.5, 0.6) is 5.75 Å². The third-order valence-electron chi connectivity index (χ3n) is 3.04. The van der Waals surface area contributed by atoms with Gasteiger partial charge in [0.1, 0.15) is 0 Å². The summed E-state index contributed by atoms with van der Waals surface area (Å²) in [6.45, 7) is 2.94. The number of methoxy groups -OCH3 is 1. The number of halogens is 2. The van der Waals surface area contributed by atoms with Crippen LogP contribution in [0.1, 0.15) is 30.5 Å². The Bertz CT molecular complexity index is 573. The molecule has 1 heterocycles. The lowest BCUT2D eigenvalue weighted by Crippen LogP contribution is -2.23. The number of hydrogen-bond donors (Lipinski definition) is 1. The summed E-state index contributed by atoms with van der Waals surface area (Å²) in [4.78, 5) is 0. The Labute approximate surface area is 136 Å². The Morgan fingerprint density at radius 3 is 2.85 bits per heavy atom. The minimum atomic E-state index is -0.287. The molecule has 1 atom stereocenters. The van der Waals surface area contributed by atoms with E-state index in [9.17, 15) is 4.39 Å². The van der Waals surface area contributed by atoms with Crippen molar-refractivity contribution < 1.29 is 9.13 Å². The summed E-state index contributed by atoms with van der Waals surface area (Å²) < 4.78 is 20.8. The maximum absolute atomic E-state index is 14.5. The molecular formula is C15H17FINOS. The third kappa shape index (κ3) is 3.51. The van der Waals surface area contributed by atoms with Crippen molar-refractivity contribution in [2.45, 2.75) is 19.4 Å². The maximum atomic E-state index is 14.5. The monoisotopic (exact) mass is 405 g/mol. The standard InChI is InChI=1S/C15H17FINOS/c1-3-7-18-15(10-8-13(17)20-9-10)11-5-4-6-12(19-2)14(11)16/h4-6,8-9,15,18H,3,7H2,1-2H3. The molecule has 20 heavy (non-hydrogen) atoms. The molecular weight excluding hydrogens is 388 g/mol. The van der Waals surface area contributed by atoms with Crippen molar-refractivity contribution in [1.29, 1.82) is 0 Å². The van der Waals surface area contributed by atoms with E-state index in [1.54, 1.807) is 17.4 Å². The highest BCUT2D eigenvalue weighted by molar-refractivity contribution is 14.1. The number of thiophene rings is 1. The second-order valence-corrected chi connectivity index (χ2v) is 7.24. The summed E-state index contributed by atoms with van der Waals surface area (Å²) in [5.74, 6) is 0.000497. The van der Waals surface area contributed by atoms with Crippen LogP contribution in [0.2, 0.25) is 0 Å². The number of rotatable bonds is 6. The molecule has 0 bridgehead atoms. The highest BCUT2D eigenvalue weighted by Gasteiger charge is 2.20. The lowest BCUT2D eigenvalue weighted by atomic mass is 10.00. The molecule has 0 fully saturated rings. The average Bonchev–Trinajstić information content (AvgIpc) is 2.87. The van der Waals surface area contributed by atoms with Crippen LogP contribution in [0.25, 0.3) is 0 Å². The van der Waals surface area contributed by atoms with Crippen molar-refractivity contribution in [1.82, 2.24) is 5.32 Å².